The number of rotatable bonds is 6. The molecule has 6 nitrogen and oxygen atoms in total. The van der Waals surface area contributed by atoms with Gasteiger partial charge in [-0.1, -0.05) is 18.2 Å². The third-order valence-corrected chi connectivity index (χ3v) is 5.44. The van der Waals surface area contributed by atoms with Gasteiger partial charge in [-0.15, -0.1) is 0 Å². The fraction of sp³-hybridized carbons (Fsp3) is 0.316. The van der Waals surface area contributed by atoms with Crippen molar-refractivity contribution in [1.82, 2.24) is 4.90 Å². The molecule has 2 rings (SSSR count). The van der Waals surface area contributed by atoms with Crippen LogP contribution in [0.3, 0.4) is 0 Å². The second-order valence-electron chi connectivity index (χ2n) is 6.33. The van der Waals surface area contributed by atoms with Gasteiger partial charge in [0.1, 0.15) is 5.75 Å². The second kappa shape index (κ2) is 7.88. The standard InChI is InChI=1S/C19H24N2O4S/c1-13-5-8-17(11-14(13)2)25-12-19(22)21(4)15(3)16-6-9-18(10-7-16)26(20,23)24/h5-11,15H,12H2,1-4H3,(H2,20,23,24). The van der Waals surface area contributed by atoms with Gasteiger partial charge in [-0.25, -0.2) is 13.6 Å². The fourth-order valence-electron chi connectivity index (χ4n) is 2.43. The molecule has 7 heteroatoms. The van der Waals surface area contributed by atoms with Crippen LogP contribution in [0.25, 0.3) is 0 Å². The SMILES string of the molecule is Cc1ccc(OCC(=O)N(C)C(C)c2ccc(S(N)(=O)=O)cc2)cc1C. The summed E-state index contributed by atoms with van der Waals surface area (Å²) in [6.07, 6.45) is 0. The Hall–Kier alpha value is -2.38. The summed E-state index contributed by atoms with van der Waals surface area (Å²) in [5, 5.41) is 5.10. The summed E-state index contributed by atoms with van der Waals surface area (Å²) in [6, 6.07) is 11.6. The smallest absolute Gasteiger partial charge is 0.260 e. The fourth-order valence-corrected chi connectivity index (χ4v) is 2.94. The lowest BCUT2D eigenvalue weighted by Gasteiger charge is -2.25. The molecule has 2 N–H and O–H groups in total. The third-order valence-electron chi connectivity index (χ3n) is 4.51. The van der Waals surface area contributed by atoms with E-state index in [1.54, 1.807) is 24.1 Å². The van der Waals surface area contributed by atoms with Crippen LogP contribution in [0.15, 0.2) is 47.4 Å². The van der Waals surface area contributed by atoms with Crippen molar-refractivity contribution < 1.29 is 17.9 Å². The molecule has 0 aliphatic carbocycles. The largest absolute Gasteiger partial charge is 0.484 e. The van der Waals surface area contributed by atoms with Crippen molar-refractivity contribution in [3.63, 3.8) is 0 Å². The Labute approximate surface area is 154 Å². The predicted molar refractivity (Wildman–Crippen MR) is 100 cm³/mol. The van der Waals surface area contributed by atoms with E-state index in [-0.39, 0.29) is 23.5 Å². The lowest BCUT2D eigenvalue weighted by Crippen LogP contribution is -2.33. The summed E-state index contributed by atoms with van der Waals surface area (Å²) in [5.74, 6) is 0.478. The second-order valence-corrected chi connectivity index (χ2v) is 7.89. The van der Waals surface area contributed by atoms with Crippen LogP contribution in [0.5, 0.6) is 5.75 Å². The van der Waals surface area contributed by atoms with Crippen molar-refractivity contribution in [3.05, 3.63) is 59.2 Å². The third kappa shape index (κ3) is 4.83. The topological polar surface area (TPSA) is 89.7 Å². The Kier molecular flexibility index (Phi) is 6.05. The molecule has 0 aliphatic rings. The van der Waals surface area contributed by atoms with Crippen LogP contribution in [-0.2, 0) is 14.8 Å². The van der Waals surface area contributed by atoms with Gasteiger partial charge in [-0.3, -0.25) is 4.79 Å². The van der Waals surface area contributed by atoms with Crippen molar-refractivity contribution >= 4 is 15.9 Å². The molecule has 2 aromatic carbocycles. The van der Waals surface area contributed by atoms with Crippen molar-refractivity contribution in [2.45, 2.75) is 31.7 Å². The summed E-state index contributed by atoms with van der Waals surface area (Å²) >= 11 is 0. The Bertz CT molecular complexity index is 892. The minimum absolute atomic E-state index is 0.0421. The first-order valence-electron chi connectivity index (χ1n) is 8.18. The quantitative estimate of drug-likeness (QED) is 0.839. The first kappa shape index (κ1) is 19.9. The number of hydrogen-bond donors (Lipinski definition) is 1. The number of ether oxygens (including phenoxy) is 1. The molecule has 1 amide bonds. The molecule has 0 heterocycles. The van der Waals surface area contributed by atoms with Crippen LogP contribution in [0.4, 0.5) is 0 Å². The molecular formula is C19H24N2O4S. The molecule has 2 aromatic rings. The zero-order valence-corrected chi connectivity index (χ0v) is 16.2. The Morgan fingerprint density at radius 3 is 2.27 bits per heavy atom. The highest BCUT2D eigenvalue weighted by Crippen LogP contribution is 2.21. The molecule has 0 bridgehead atoms. The first-order valence-corrected chi connectivity index (χ1v) is 9.72. The highest BCUT2D eigenvalue weighted by Gasteiger charge is 2.18. The summed E-state index contributed by atoms with van der Waals surface area (Å²) in [5.41, 5.74) is 3.07. The Balaban J connectivity index is 2.01. The van der Waals surface area contributed by atoms with Gasteiger partial charge < -0.3 is 9.64 Å². The highest BCUT2D eigenvalue weighted by atomic mass is 32.2. The van der Waals surface area contributed by atoms with Crippen LogP contribution in [0.1, 0.15) is 29.7 Å². The summed E-state index contributed by atoms with van der Waals surface area (Å²) in [4.78, 5) is 14.0. The monoisotopic (exact) mass is 376 g/mol. The van der Waals surface area contributed by atoms with Gasteiger partial charge in [0.25, 0.3) is 5.91 Å². The van der Waals surface area contributed by atoms with Crippen molar-refractivity contribution in [2.75, 3.05) is 13.7 Å². The number of nitrogens with two attached hydrogens (primary N) is 1. The summed E-state index contributed by atoms with van der Waals surface area (Å²) in [6.45, 7) is 5.79. The van der Waals surface area contributed by atoms with Gasteiger partial charge in [0.2, 0.25) is 10.0 Å². The lowest BCUT2D eigenvalue weighted by molar-refractivity contribution is -0.134. The van der Waals surface area contributed by atoms with Gasteiger partial charge in [-0.05, 0) is 61.7 Å². The number of amides is 1. The van der Waals surface area contributed by atoms with Gasteiger partial charge >= 0.3 is 0 Å². The molecule has 0 fully saturated rings. The normalized spacial score (nSPS) is 12.5. The molecule has 1 atom stereocenters. The van der Waals surface area contributed by atoms with Crippen LogP contribution in [0, 0.1) is 13.8 Å². The number of carbonyl (C=O) groups excluding carboxylic acids is 1. The molecule has 1 unspecified atom stereocenters. The molecule has 0 aliphatic heterocycles. The maximum atomic E-state index is 12.4. The number of likely N-dealkylation sites (N-methyl/N-ethyl adjacent to an activating group) is 1. The van der Waals surface area contributed by atoms with E-state index in [0.717, 1.165) is 16.7 Å². The van der Waals surface area contributed by atoms with E-state index in [9.17, 15) is 13.2 Å². The first-order chi connectivity index (χ1) is 12.1. The zero-order valence-electron chi connectivity index (χ0n) is 15.4. The van der Waals surface area contributed by atoms with Gasteiger partial charge in [0, 0.05) is 7.05 Å². The minimum Gasteiger partial charge on any atom is -0.484 e. The van der Waals surface area contributed by atoms with Crippen LogP contribution in [-0.4, -0.2) is 32.9 Å². The highest BCUT2D eigenvalue weighted by molar-refractivity contribution is 7.89. The molecule has 0 aromatic heterocycles. The van der Waals surface area contributed by atoms with Crippen molar-refractivity contribution in [3.8, 4) is 5.75 Å². The number of sulfonamides is 1. The van der Waals surface area contributed by atoms with Crippen LogP contribution >= 0.6 is 0 Å². The van der Waals surface area contributed by atoms with E-state index in [1.165, 1.54) is 12.1 Å². The number of carbonyl (C=O) groups is 1. The number of primary sulfonamides is 1. The van der Waals surface area contributed by atoms with E-state index in [2.05, 4.69) is 0 Å². The van der Waals surface area contributed by atoms with Gasteiger partial charge in [-0.2, -0.15) is 0 Å². The van der Waals surface area contributed by atoms with Crippen LogP contribution < -0.4 is 9.88 Å². The summed E-state index contributed by atoms with van der Waals surface area (Å²) < 4.78 is 28.2. The van der Waals surface area contributed by atoms with Crippen LogP contribution in [0.2, 0.25) is 0 Å². The molecule has 0 saturated heterocycles. The van der Waals surface area contributed by atoms with E-state index in [1.807, 2.05) is 39.0 Å². The molecular weight excluding hydrogens is 352 g/mol. The molecule has 26 heavy (non-hydrogen) atoms. The Morgan fingerprint density at radius 1 is 1.12 bits per heavy atom. The maximum absolute atomic E-state index is 12.4. The van der Waals surface area contributed by atoms with Crippen molar-refractivity contribution in [2.24, 2.45) is 5.14 Å². The maximum Gasteiger partial charge on any atom is 0.260 e. The average Bonchev–Trinajstić information content (AvgIpc) is 2.60. The van der Waals surface area contributed by atoms with E-state index >= 15 is 0 Å². The van der Waals surface area contributed by atoms with E-state index < -0.39 is 10.0 Å². The summed E-state index contributed by atoms with van der Waals surface area (Å²) in [7, 11) is -2.04. The average molecular weight is 376 g/mol. The minimum atomic E-state index is -3.73. The van der Waals surface area contributed by atoms with E-state index in [4.69, 9.17) is 9.88 Å². The molecule has 0 spiro atoms. The van der Waals surface area contributed by atoms with Crippen molar-refractivity contribution in [1.29, 1.82) is 0 Å². The Morgan fingerprint density at radius 2 is 1.73 bits per heavy atom. The number of aryl methyl sites for hydroxylation is 2. The molecule has 0 saturated carbocycles. The van der Waals surface area contributed by atoms with E-state index in [0.29, 0.717) is 5.75 Å². The van der Waals surface area contributed by atoms with Gasteiger partial charge in [0.05, 0.1) is 10.9 Å². The number of benzene rings is 2. The molecule has 140 valence electrons. The predicted octanol–water partition coefficient (Wildman–Crippen LogP) is 2.55. The molecule has 0 radical (unpaired) electrons. The number of nitrogens with zero attached hydrogens (tertiary/aromatic N) is 1. The number of hydrogen-bond acceptors (Lipinski definition) is 4. The zero-order chi connectivity index (χ0) is 19.5. The van der Waals surface area contributed by atoms with Gasteiger partial charge in [0.15, 0.2) is 6.61 Å². The lowest BCUT2D eigenvalue weighted by atomic mass is 10.1.